The van der Waals surface area contributed by atoms with Gasteiger partial charge in [-0.3, -0.25) is 14.1 Å². The van der Waals surface area contributed by atoms with Gasteiger partial charge in [-0.05, 0) is 116 Å². The van der Waals surface area contributed by atoms with Gasteiger partial charge in [-0.2, -0.15) is 8.42 Å². The summed E-state index contributed by atoms with van der Waals surface area (Å²) in [5, 5.41) is 15.1. The summed E-state index contributed by atoms with van der Waals surface area (Å²) < 4.78 is 32.4. The van der Waals surface area contributed by atoms with Crippen LogP contribution >= 0.6 is 22.7 Å². The highest BCUT2D eigenvalue weighted by atomic mass is 32.2. The number of rotatable bonds is 4. The Balaban J connectivity index is 0.000000151. The smallest absolute Gasteiger partial charge is 0.294 e. The highest BCUT2D eigenvalue weighted by Crippen LogP contribution is 2.51. The van der Waals surface area contributed by atoms with Crippen molar-refractivity contribution in [3.05, 3.63) is 137 Å². The van der Waals surface area contributed by atoms with Crippen LogP contribution < -0.4 is 15.8 Å². The molecule has 1 aliphatic rings. The molecule has 0 fully saturated rings. The van der Waals surface area contributed by atoms with E-state index >= 15 is 0 Å². The topological polar surface area (TPSA) is 112 Å². The molecule has 53 heavy (non-hydrogen) atoms. The first-order chi connectivity index (χ1) is 24.9. The van der Waals surface area contributed by atoms with Gasteiger partial charge >= 0.3 is 0 Å². The largest absolute Gasteiger partial charge is 0.504 e. The minimum atomic E-state index is -4.02. The molecule has 0 radical (unpaired) electrons. The summed E-state index contributed by atoms with van der Waals surface area (Å²) >= 11 is 3.83. The van der Waals surface area contributed by atoms with E-state index in [4.69, 9.17) is 4.55 Å². The number of aryl methyl sites for hydroxylation is 5. The zero-order valence-electron chi connectivity index (χ0n) is 31.1. The van der Waals surface area contributed by atoms with Gasteiger partial charge in [-0.25, -0.2) is 0 Å². The number of aromatic hydroxyl groups is 1. The van der Waals surface area contributed by atoms with E-state index in [1.165, 1.54) is 69.5 Å². The van der Waals surface area contributed by atoms with E-state index in [2.05, 4.69) is 89.8 Å². The van der Waals surface area contributed by atoms with E-state index in [0.29, 0.717) is 0 Å². The Morgan fingerprint density at radius 3 is 1.91 bits per heavy atom. The molecule has 10 heteroatoms. The number of allylic oxidation sites excluding steroid dienone is 1. The first kappa shape index (κ1) is 38.1. The number of nitrogens with zero attached hydrogens (tertiary/aromatic N) is 1. The molecule has 0 aliphatic carbocycles. The fraction of sp³-hybridized carbons (Fsp3) is 0.256. The Morgan fingerprint density at radius 1 is 0.774 bits per heavy atom. The summed E-state index contributed by atoms with van der Waals surface area (Å²) in [6.45, 7) is 17.9. The molecule has 2 aromatic heterocycles. The molecule has 0 amide bonds. The number of thiophene rings is 2. The van der Waals surface area contributed by atoms with Crippen LogP contribution in [-0.4, -0.2) is 24.6 Å². The Hall–Kier alpha value is -4.61. The van der Waals surface area contributed by atoms with Crippen LogP contribution in [0.5, 0.6) is 5.75 Å². The summed E-state index contributed by atoms with van der Waals surface area (Å²) in [6.07, 6.45) is 2.64. The van der Waals surface area contributed by atoms with Crippen LogP contribution in [0.2, 0.25) is 0 Å². The third-order valence-electron chi connectivity index (χ3n) is 10.2. The lowest BCUT2D eigenvalue weighted by molar-refractivity contribution is 0.461. The van der Waals surface area contributed by atoms with Crippen LogP contribution in [0.3, 0.4) is 0 Å². The molecule has 0 spiro atoms. The maximum absolute atomic E-state index is 11.9. The lowest BCUT2D eigenvalue weighted by Gasteiger charge is -2.27. The van der Waals surface area contributed by atoms with Crippen molar-refractivity contribution in [2.24, 2.45) is 0 Å². The van der Waals surface area contributed by atoms with Gasteiger partial charge in [-0.1, -0.05) is 68.8 Å². The number of hydrogen-bond acceptors (Lipinski definition) is 8. The molecular weight excluding hydrogens is 723 g/mol. The van der Waals surface area contributed by atoms with E-state index in [9.17, 15) is 23.1 Å². The second-order valence-electron chi connectivity index (χ2n) is 14.1. The van der Waals surface area contributed by atoms with Crippen molar-refractivity contribution in [2.75, 3.05) is 11.4 Å². The molecule has 8 rings (SSSR count). The van der Waals surface area contributed by atoms with Gasteiger partial charge in [0.05, 0.1) is 10.5 Å². The molecule has 0 saturated carbocycles. The van der Waals surface area contributed by atoms with Crippen molar-refractivity contribution in [2.45, 2.75) is 72.1 Å². The maximum atomic E-state index is 11.9. The fourth-order valence-electron chi connectivity index (χ4n) is 7.02. The fourth-order valence-corrected chi connectivity index (χ4v) is 9.75. The minimum absolute atomic E-state index is 0.0666. The van der Waals surface area contributed by atoms with Crippen molar-refractivity contribution in [3.63, 3.8) is 0 Å². The Morgan fingerprint density at radius 2 is 1.36 bits per heavy atom. The van der Waals surface area contributed by atoms with Gasteiger partial charge in [-0.15, -0.1) is 22.7 Å². The molecule has 274 valence electrons. The van der Waals surface area contributed by atoms with E-state index in [-0.39, 0.29) is 15.9 Å². The monoisotopic (exact) mass is 765 g/mol. The van der Waals surface area contributed by atoms with Gasteiger partial charge < -0.3 is 10.0 Å². The number of fused-ring (bicyclic) bond motifs is 5. The molecule has 0 bridgehead atoms. The van der Waals surface area contributed by atoms with Gasteiger partial charge in [0.25, 0.3) is 15.5 Å². The second-order valence-corrected chi connectivity index (χ2v) is 18.0. The Bertz CT molecular complexity index is 2680. The SMILES string of the molecule is CCCN1C(=Cc2c(O)c(=O)c2=O)C(C)(C)c2c1ccc1ccccc21.Cc1ccc(S(=O)(=O)O)cc1.Cc1sc2cc3sc(C)c(C)c3cc2c1C. The van der Waals surface area contributed by atoms with E-state index in [0.717, 1.165) is 29.9 Å². The van der Waals surface area contributed by atoms with Crippen molar-refractivity contribution in [3.8, 4) is 5.75 Å². The quantitative estimate of drug-likeness (QED) is 0.136. The Labute approximate surface area is 317 Å². The highest BCUT2D eigenvalue weighted by Gasteiger charge is 2.41. The summed E-state index contributed by atoms with van der Waals surface area (Å²) in [6, 6.07) is 23.2. The van der Waals surface area contributed by atoms with E-state index < -0.39 is 26.7 Å². The van der Waals surface area contributed by atoms with Gasteiger partial charge in [0, 0.05) is 42.5 Å². The van der Waals surface area contributed by atoms with Crippen molar-refractivity contribution >= 4 is 75.5 Å². The zero-order valence-corrected chi connectivity index (χ0v) is 33.6. The third kappa shape index (κ3) is 6.97. The van der Waals surface area contributed by atoms with Crippen molar-refractivity contribution < 1.29 is 18.1 Å². The molecule has 2 N–H and O–H groups in total. The van der Waals surface area contributed by atoms with Crippen LogP contribution in [0, 0.1) is 34.6 Å². The van der Waals surface area contributed by atoms with E-state index in [1.807, 2.05) is 41.7 Å². The van der Waals surface area contributed by atoms with Crippen molar-refractivity contribution in [1.29, 1.82) is 0 Å². The minimum Gasteiger partial charge on any atom is -0.504 e. The molecule has 7 aromatic rings. The molecule has 5 aromatic carbocycles. The van der Waals surface area contributed by atoms with Crippen LogP contribution in [0.15, 0.2) is 93.0 Å². The number of benzene rings is 4. The van der Waals surface area contributed by atoms with Crippen LogP contribution in [0.1, 0.15) is 64.8 Å². The highest BCUT2D eigenvalue weighted by molar-refractivity contribution is 7.85. The summed E-state index contributed by atoms with van der Waals surface area (Å²) in [5.74, 6) is -0.421. The average Bonchev–Trinajstić information content (AvgIpc) is 3.65. The normalized spacial score (nSPS) is 14.4. The number of hydrogen-bond donors (Lipinski definition) is 2. The van der Waals surface area contributed by atoms with Crippen LogP contribution in [0.25, 0.3) is 37.0 Å². The molecule has 0 saturated heterocycles. The first-order valence-electron chi connectivity index (χ1n) is 17.4. The molecule has 0 atom stereocenters. The summed E-state index contributed by atoms with van der Waals surface area (Å²) in [5.41, 5.74) is 5.50. The third-order valence-corrected chi connectivity index (χ3v) is 13.4. The van der Waals surface area contributed by atoms with Gasteiger partial charge in [0.1, 0.15) is 0 Å². The molecule has 0 unspecified atom stereocenters. The predicted molar refractivity (Wildman–Crippen MR) is 223 cm³/mol. The van der Waals surface area contributed by atoms with Crippen LogP contribution in [0.4, 0.5) is 5.69 Å². The predicted octanol–water partition coefficient (Wildman–Crippen LogP) is 10.3. The molecule has 7 nitrogen and oxygen atoms in total. The number of anilines is 1. The zero-order chi connectivity index (χ0) is 38.6. The standard InChI is InChI=1S/C22H21NO3.C14H14S2.C7H8O3S/c1-4-11-23-16-10-9-13-7-5-6-8-14(13)18(16)22(2,3)17(23)12-15-19(24)21(26)20(15)25;1-7-9(3)15-13-6-14-12(5-11(7)13)8(2)10(4)16-14;1-6-2-4-7(5-3-6)11(8,9)10/h5-10,12,24H,4,11H2,1-3H3;5-6H,1-4H3;2-5H,1H3,(H,8,9,10). The lowest BCUT2D eigenvalue weighted by atomic mass is 9.80. The molecule has 1 aliphatic heterocycles. The van der Waals surface area contributed by atoms with E-state index in [1.54, 1.807) is 18.2 Å². The lowest BCUT2D eigenvalue weighted by Crippen LogP contribution is -2.34. The van der Waals surface area contributed by atoms with Crippen LogP contribution in [-0.2, 0) is 15.5 Å². The summed E-state index contributed by atoms with van der Waals surface area (Å²) in [4.78, 5) is 28.3. The van der Waals surface area contributed by atoms with Crippen molar-refractivity contribution in [1.82, 2.24) is 0 Å². The second kappa shape index (κ2) is 14.3. The summed E-state index contributed by atoms with van der Waals surface area (Å²) in [7, 11) is -4.02. The Kier molecular flexibility index (Phi) is 10.3. The molecular formula is C43H43NO6S3. The van der Waals surface area contributed by atoms with Gasteiger partial charge in [0.15, 0.2) is 5.75 Å². The average molecular weight is 766 g/mol. The first-order valence-corrected chi connectivity index (χ1v) is 20.5. The van der Waals surface area contributed by atoms with Gasteiger partial charge in [0.2, 0.25) is 5.43 Å². The molecule has 3 heterocycles. The maximum Gasteiger partial charge on any atom is 0.294 e.